The molecule has 1 aliphatic rings. The predicted octanol–water partition coefficient (Wildman–Crippen LogP) is 3.37. The van der Waals surface area contributed by atoms with E-state index in [1.54, 1.807) is 43.5 Å². The smallest absolute Gasteiger partial charge is 0.313 e. The van der Waals surface area contributed by atoms with Gasteiger partial charge in [0.05, 0.1) is 5.56 Å². The first-order valence-electron chi connectivity index (χ1n) is 10.0. The first-order valence-corrected chi connectivity index (χ1v) is 11.6. The molecule has 7 nitrogen and oxygen atoms in total. The standard InChI is InChI=1S/C22H25ClN4O3S/c1-14-17(23)6-3-7-18(14)26-20(29)19(28)25-13-15-8-11-27(12-9-15)22(30)16-5-4-10-24-21(16)31-2/h3-7,10,15H,8-9,11-13H2,1-2H3,(H,25,28)(H,26,29). The molecule has 0 spiro atoms. The van der Waals surface area contributed by atoms with Crippen molar-refractivity contribution in [2.24, 2.45) is 5.92 Å². The van der Waals surface area contributed by atoms with Crippen molar-refractivity contribution in [2.75, 3.05) is 31.2 Å². The van der Waals surface area contributed by atoms with Gasteiger partial charge in [-0.2, -0.15) is 0 Å². The maximum absolute atomic E-state index is 12.8. The van der Waals surface area contributed by atoms with E-state index in [9.17, 15) is 14.4 Å². The third-order valence-corrected chi connectivity index (χ3v) is 6.49. The summed E-state index contributed by atoms with van der Waals surface area (Å²) in [5, 5.41) is 6.54. The Morgan fingerprint density at radius 1 is 1.16 bits per heavy atom. The van der Waals surface area contributed by atoms with Crippen LogP contribution >= 0.6 is 23.4 Å². The van der Waals surface area contributed by atoms with Gasteiger partial charge in [0, 0.05) is 36.5 Å². The van der Waals surface area contributed by atoms with Crippen LogP contribution in [0.2, 0.25) is 5.02 Å². The van der Waals surface area contributed by atoms with Crippen molar-refractivity contribution in [1.82, 2.24) is 15.2 Å². The van der Waals surface area contributed by atoms with Crippen LogP contribution in [0, 0.1) is 12.8 Å². The van der Waals surface area contributed by atoms with Crippen LogP contribution in [0.15, 0.2) is 41.6 Å². The normalized spacial score (nSPS) is 14.2. The minimum absolute atomic E-state index is 0.0174. The molecular weight excluding hydrogens is 436 g/mol. The molecule has 0 unspecified atom stereocenters. The van der Waals surface area contributed by atoms with E-state index >= 15 is 0 Å². The van der Waals surface area contributed by atoms with E-state index in [4.69, 9.17) is 11.6 Å². The first kappa shape index (κ1) is 23.1. The molecule has 2 heterocycles. The molecule has 1 fully saturated rings. The molecule has 0 saturated carbocycles. The molecule has 0 radical (unpaired) electrons. The van der Waals surface area contributed by atoms with Crippen molar-refractivity contribution < 1.29 is 14.4 Å². The third-order valence-electron chi connectivity index (χ3n) is 5.37. The second-order valence-electron chi connectivity index (χ2n) is 7.37. The SMILES string of the molecule is CSc1ncccc1C(=O)N1CCC(CNC(=O)C(=O)Nc2cccc(Cl)c2C)CC1. The highest BCUT2D eigenvalue weighted by Crippen LogP contribution is 2.24. The summed E-state index contributed by atoms with van der Waals surface area (Å²) < 4.78 is 0. The molecule has 1 aliphatic heterocycles. The Bertz CT molecular complexity index is 977. The minimum Gasteiger partial charge on any atom is -0.348 e. The van der Waals surface area contributed by atoms with E-state index in [1.165, 1.54) is 11.8 Å². The van der Waals surface area contributed by atoms with E-state index in [0.717, 1.165) is 17.9 Å². The Morgan fingerprint density at radius 2 is 1.90 bits per heavy atom. The van der Waals surface area contributed by atoms with E-state index in [1.807, 2.05) is 11.2 Å². The number of nitrogens with zero attached hydrogens (tertiary/aromatic N) is 2. The number of carbonyl (C=O) groups excluding carboxylic acids is 3. The summed E-state index contributed by atoms with van der Waals surface area (Å²) in [5.41, 5.74) is 1.84. The van der Waals surface area contributed by atoms with Crippen molar-refractivity contribution in [3.05, 3.63) is 52.7 Å². The Hall–Kier alpha value is -2.58. The summed E-state index contributed by atoms with van der Waals surface area (Å²) in [7, 11) is 0. The maximum atomic E-state index is 12.8. The Balaban J connectivity index is 1.46. The monoisotopic (exact) mass is 460 g/mol. The second kappa shape index (κ2) is 10.6. The number of halogens is 1. The van der Waals surface area contributed by atoms with Crippen LogP contribution in [-0.4, -0.2) is 53.5 Å². The van der Waals surface area contributed by atoms with Crippen molar-refractivity contribution in [2.45, 2.75) is 24.8 Å². The number of carbonyl (C=O) groups is 3. The molecule has 0 atom stereocenters. The third kappa shape index (κ3) is 5.77. The quantitative estimate of drug-likeness (QED) is 0.527. The van der Waals surface area contributed by atoms with Gasteiger partial charge in [-0.05, 0) is 61.8 Å². The zero-order chi connectivity index (χ0) is 22.4. The first-order chi connectivity index (χ1) is 14.9. The fraction of sp³-hybridized carbons (Fsp3) is 0.364. The number of anilines is 1. The van der Waals surface area contributed by atoms with Crippen LogP contribution in [0.3, 0.4) is 0 Å². The van der Waals surface area contributed by atoms with Crippen LogP contribution in [0.1, 0.15) is 28.8 Å². The summed E-state index contributed by atoms with van der Waals surface area (Å²) in [5.74, 6) is -1.21. The fourth-order valence-corrected chi connectivity index (χ4v) is 4.18. The van der Waals surface area contributed by atoms with E-state index in [2.05, 4.69) is 15.6 Å². The Morgan fingerprint density at radius 3 is 2.61 bits per heavy atom. The molecule has 3 rings (SSSR count). The Kier molecular flexibility index (Phi) is 7.92. The van der Waals surface area contributed by atoms with Gasteiger partial charge in [0.2, 0.25) is 0 Å². The van der Waals surface area contributed by atoms with Gasteiger partial charge >= 0.3 is 11.8 Å². The number of hydrogen-bond acceptors (Lipinski definition) is 5. The summed E-state index contributed by atoms with van der Waals surface area (Å²) >= 11 is 7.50. The lowest BCUT2D eigenvalue weighted by atomic mass is 9.96. The zero-order valence-electron chi connectivity index (χ0n) is 17.5. The van der Waals surface area contributed by atoms with Crippen molar-refractivity contribution >= 4 is 46.8 Å². The van der Waals surface area contributed by atoms with Gasteiger partial charge in [-0.25, -0.2) is 4.98 Å². The lowest BCUT2D eigenvalue weighted by Gasteiger charge is -2.32. The fourth-order valence-electron chi connectivity index (χ4n) is 3.47. The van der Waals surface area contributed by atoms with Gasteiger partial charge in [-0.3, -0.25) is 14.4 Å². The zero-order valence-corrected chi connectivity index (χ0v) is 19.1. The van der Waals surface area contributed by atoms with Gasteiger partial charge in [-0.1, -0.05) is 17.7 Å². The van der Waals surface area contributed by atoms with Crippen LogP contribution in [-0.2, 0) is 9.59 Å². The molecule has 1 aromatic heterocycles. The van der Waals surface area contributed by atoms with E-state index in [0.29, 0.717) is 41.5 Å². The number of pyridine rings is 1. The minimum atomic E-state index is -0.723. The lowest BCUT2D eigenvalue weighted by Crippen LogP contribution is -2.43. The number of piperidine rings is 1. The summed E-state index contributed by atoms with van der Waals surface area (Å²) in [6.07, 6.45) is 5.10. The molecular formula is C22H25ClN4O3S. The largest absolute Gasteiger partial charge is 0.348 e. The van der Waals surface area contributed by atoms with Crippen LogP contribution < -0.4 is 10.6 Å². The molecule has 0 aliphatic carbocycles. The maximum Gasteiger partial charge on any atom is 0.313 e. The molecule has 1 aromatic carbocycles. The number of hydrogen-bond donors (Lipinski definition) is 2. The summed E-state index contributed by atoms with van der Waals surface area (Å²) in [6.45, 7) is 3.39. The van der Waals surface area contributed by atoms with Crippen molar-refractivity contribution in [3.63, 3.8) is 0 Å². The van der Waals surface area contributed by atoms with Gasteiger partial charge in [-0.15, -0.1) is 11.8 Å². The number of likely N-dealkylation sites (tertiary alicyclic amines) is 1. The number of benzene rings is 1. The lowest BCUT2D eigenvalue weighted by molar-refractivity contribution is -0.136. The van der Waals surface area contributed by atoms with Crippen molar-refractivity contribution in [1.29, 1.82) is 0 Å². The van der Waals surface area contributed by atoms with Gasteiger partial charge in [0.15, 0.2) is 0 Å². The Labute approximate surface area is 190 Å². The highest BCUT2D eigenvalue weighted by Gasteiger charge is 2.26. The molecule has 2 aromatic rings. The van der Waals surface area contributed by atoms with Crippen LogP contribution in [0.4, 0.5) is 5.69 Å². The van der Waals surface area contributed by atoms with Gasteiger partial charge in [0.25, 0.3) is 5.91 Å². The van der Waals surface area contributed by atoms with Crippen LogP contribution in [0.5, 0.6) is 0 Å². The highest BCUT2D eigenvalue weighted by atomic mass is 35.5. The van der Waals surface area contributed by atoms with Crippen LogP contribution in [0.25, 0.3) is 0 Å². The topological polar surface area (TPSA) is 91.4 Å². The summed E-state index contributed by atoms with van der Waals surface area (Å²) in [6, 6.07) is 8.70. The average molecular weight is 461 g/mol. The predicted molar refractivity (Wildman–Crippen MR) is 122 cm³/mol. The van der Waals surface area contributed by atoms with Crippen molar-refractivity contribution in [3.8, 4) is 0 Å². The average Bonchev–Trinajstić information content (AvgIpc) is 2.80. The number of rotatable bonds is 5. The molecule has 0 bridgehead atoms. The second-order valence-corrected chi connectivity index (χ2v) is 8.57. The summed E-state index contributed by atoms with van der Waals surface area (Å²) in [4.78, 5) is 43.3. The molecule has 2 N–H and O–H groups in total. The highest BCUT2D eigenvalue weighted by molar-refractivity contribution is 7.98. The number of nitrogens with one attached hydrogen (secondary N) is 2. The van der Waals surface area contributed by atoms with Gasteiger partial charge in [0.1, 0.15) is 5.03 Å². The van der Waals surface area contributed by atoms with Gasteiger partial charge < -0.3 is 15.5 Å². The molecule has 164 valence electrons. The molecule has 9 heteroatoms. The van der Waals surface area contributed by atoms with E-state index in [-0.39, 0.29) is 11.8 Å². The van der Waals surface area contributed by atoms with E-state index < -0.39 is 11.8 Å². The molecule has 31 heavy (non-hydrogen) atoms. The number of aromatic nitrogens is 1. The molecule has 3 amide bonds. The number of thioether (sulfide) groups is 1. The number of amides is 3. The molecule has 1 saturated heterocycles.